The fourth-order valence-electron chi connectivity index (χ4n) is 3.19. The van der Waals surface area contributed by atoms with Crippen molar-refractivity contribution in [3.05, 3.63) is 29.8 Å². The van der Waals surface area contributed by atoms with Gasteiger partial charge in [0.15, 0.2) is 12.4 Å². The highest BCUT2D eigenvalue weighted by Gasteiger charge is 2.23. The normalized spacial score (nSPS) is 19.2. The number of esters is 1. The Morgan fingerprint density at radius 1 is 1.11 bits per heavy atom. The first-order valence-corrected chi connectivity index (χ1v) is 9.64. The maximum absolute atomic E-state index is 11.9. The van der Waals surface area contributed by atoms with Gasteiger partial charge in [-0.1, -0.05) is 19.8 Å². The molecule has 1 fully saturated rings. The van der Waals surface area contributed by atoms with E-state index in [-0.39, 0.29) is 30.8 Å². The standard InChI is InChI=1S/C21H29NO5/c1-15-6-3-4-7-19(15)22-20(24)14-27-21(25)8-5-13-26-18-11-9-17(10-12-18)16(2)23/h9-12,15,19H,3-8,13-14H2,1-2H3,(H,22,24)/t15-,19+/m1/s1. The molecule has 1 N–H and O–H groups in total. The summed E-state index contributed by atoms with van der Waals surface area (Å²) < 4.78 is 10.6. The number of nitrogens with one attached hydrogen (secondary N) is 1. The van der Waals surface area contributed by atoms with Crippen LogP contribution < -0.4 is 10.1 Å². The van der Waals surface area contributed by atoms with Crippen LogP contribution in [-0.4, -0.2) is 36.9 Å². The van der Waals surface area contributed by atoms with Crippen molar-refractivity contribution in [1.82, 2.24) is 5.32 Å². The van der Waals surface area contributed by atoms with E-state index in [1.165, 1.54) is 13.3 Å². The molecule has 148 valence electrons. The van der Waals surface area contributed by atoms with Crippen LogP contribution in [0.2, 0.25) is 0 Å². The lowest BCUT2D eigenvalue weighted by Crippen LogP contribution is -2.42. The summed E-state index contributed by atoms with van der Waals surface area (Å²) in [5.41, 5.74) is 0.631. The van der Waals surface area contributed by atoms with Crippen LogP contribution in [0.1, 0.15) is 62.7 Å². The third kappa shape index (κ3) is 7.41. The molecule has 0 radical (unpaired) electrons. The van der Waals surface area contributed by atoms with Crippen LogP contribution in [0.4, 0.5) is 0 Å². The summed E-state index contributed by atoms with van der Waals surface area (Å²) in [6, 6.07) is 7.06. The molecule has 6 nitrogen and oxygen atoms in total. The molecule has 1 aromatic rings. The number of hydrogen-bond donors (Lipinski definition) is 1. The number of Topliss-reactive ketones (excluding diaryl/α,β-unsaturated/α-hetero) is 1. The minimum absolute atomic E-state index is 0.00581. The first-order valence-electron chi connectivity index (χ1n) is 9.64. The van der Waals surface area contributed by atoms with Gasteiger partial charge in [-0.2, -0.15) is 0 Å². The van der Waals surface area contributed by atoms with E-state index in [1.54, 1.807) is 24.3 Å². The van der Waals surface area contributed by atoms with E-state index in [4.69, 9.17) is 9.47 Å². The van der Waals surface area contributed by atoms with Crippen molar-refractivity contribution in [2.24, 2.45) is 5.92 Å². The van der Waals surface area contributed by atoms with Crippen LogP contribution in [0.25, 0.3) is 0 Å². The Hall–Kier alpha value is -2.37. The number of ether oxygens (including phenoxy) is 2. The lowest BCUT2D eigenvalue weighted by Gasteiger charge is -2.29. The lowest BCUT2D eigenvalue weighted by atomic mass is 9.86. The van der Waals surface area contributed by atoms with Crippen LogP contribution in [-0.2, 0) is 14.3 Å². The Labute approximate surface area is 160 Å². The second-order valence-electron chi connectivity index (χ2n) is 7.13. The van der Waals surface area contributed by atoms with E-state index >= 15 is 0 Å². The largest absolute Gasteiger partial charge is 0.494 e. The van der Waals surface area contributed by atoms with Gasteiger partial charge in [-0.05, 0) is 56.4 Å². The zero-order chi connectivity index (χ0) is 19.6. The summed E-state index contributed by atoms with van der Waals surface area (Å²) in [6.45, 7) is 3.79. The molecule has 1 aliphatic carbocycles. The van der Waals surface area contributed by atoms with Crippen LogP contribution in [0, 0.1) is 5.92 Å². The van der Waals surface area contributed by atoms with Crippen molar-refractivity contribution in [1.29, 1.82) is 0 Å². The van der Waals surface area contributed by atoms with Gasteiger partial charge in [0.05, 0.1) is 6.61 Å². The number of benzene rings is 1. The summed E-state index contributed by atoms with van der Waals surface area (Å²) in [5.74, 6) is 0.488. The van der Waals surface area contributed by atoms with Crippen molar-refractivity contribution in [2.75, 3.05) is 13.2 Å². The molecule has 1 saturated carbocycles. The third-order valence-electron chi connectivity index (χ3n) is 4.88. The van der Waals surface area contributed by atoms with Crippen LogP contribution >= 0.6 is 0 Å². The monoisotopic (exact) mass is 375 g/mol. The quantitative estimate of drug-likeness (QED) is 0.407. The summed E-state index contributed by atoms with van der Waals surface area (Å²) in [6.07, 6.45) is 5.15. The summed E-state index contributed by atoms with van der Waals surface area (Å²) in [5, 5.41) is 2.96. The Morgan fingerprint density at radius 3 is 2.48 bits per heavy atom. The van der Waals surface area contributed by atoms with Gasteiger partial charge in [-0.25, -0.2) is 0 Å². The van der Waals surface area contributed by atoms with Gasteiger partial charge >= 0.3 is 5.97 Å². The van der Waals surface area contributed by atoms with Crippen LogP contribution in [0.3, 0.4) is 0 Å². The topological polar surface area (TPSA) is 81.7 Å². The first kappa shape index (κ1) is 20.9. The van der Waals surface area contributed by atoms with E-state index in [2.05, 4.69) is 12.2 Å². The van der Waals surface area contributed by atoms with Crippen molar-refractivity contribution < 1.29 is 23.9 Å². The van der Waals surface area contributed by atoms with E-state index in [0.29, 0.717) is 30.3 Å². The van der Waals surface area contributed by atoms with Gasteiger partial charge in [0.1, 0.15) is 5.75 Å². The molecule has 1 aliphatic rings. The average Bonchev–Trinajstić information content (AvgIpc) is 2.66. The third-order valence-corrected chi connectivity index (χ3v) is 4.88. The highest BCUT2D eigenvalue weighted by Crippen LogP contribution is 2.23. The maximum atomic E-state index is 11.9. The molecule has 0 aliphatic heterocycles. The molecule has 2 rings (SSSR count). The highest BCUT2D eigenvalue weighted by molar-refractivity contribution is 5.94. The molecule has 1 aromatic carbocycles. The van der Waals surface area contributed by atoms with Crippen molar-refractivity contribution in [3.63, 3.8) is 0 Å². The second-order valence-corrected chi connectivity index (χ2v) is 7.13. The Balaban J connectivity index is 1.57. The van der Waals surface area contributed by atoms with Gasteiger partial charge in [-0.3, -0.25) is 14.4 Å². The molecule has 0 aromatic heterocycles. The SMILES string of the molecule is CC(=O)c1ccc(OCCCC(=O)OCC(=O)N[C@H]2CCCC[C@H]2C)cc1. The maximum Gasteiger partial charge on any atom is 0.306 e. The number of amides is 1. The number of hydrogen-bond acceptors (Lipinski definition) is 5. The smallest absolute Gasteiger partial charge is 0.306 e. The highest BCUT2D eigenvalue weighted by atomic mass is 16.5. The minimum atomic E-state index is -0.405. The Kier molecular flexibility index (Phi) is 8.30. The molecular formula is C21H29NO5. The predicted molar refractivity (Wildman–Crippen MR) is 102 cm³/mol. The van der Waals surface area contributed by atoms with Crippen molar-refractivity contribution >= 4 is 17.7 Å². The number of carbonyl (C=O) groups excluding carboxylic acids is 3. The zero-order valence-electron chi connectivity index (χ0n) is 16.2. The number of ketones is 1. The first-order chi connectivity index (χ1) is 13.0. The molecule has 0 bridgehead atoms. The van der Waals surface area contributed by atoms with E-state index < -0.39 is 5.97 Å². The van der Waals surface area contributed by atoms with Gasteiger partial charge in [-0.15, -0.1) is 0 Å². The summed E-state index contributed by atoms with van der Waals surface area (Å²) in [7, 11) is 0. The van der Waals surface area contributed by atoms with Crippen molar-refractivity contribution in [3.8, 4) is 5.75 Å². The van der Waals surface area contributed by atoms with E-state index in [9.17, 15) is 14.4 Å². The molecule has 0 heterocycles. The van der Waals surface area contributed by atoms with E-state index in [0.717, 1.165) is 19.3 Å². The Bertz CT molecular complexity index is 640. The average molecular weight is 375 g/mol. The molecule has 2 atom stereocenters. The van der Waals surface area contributed by atoms with E-state index in [1.807, 2.05) is 0 Å². The van der Waals surface area contributed by atoms with Gasteiger partial charge in [0.25, 0.3) is 5.91 Å². The molecule has 6 heteroatoms. The van der Waals surface area contributed by atoms with Gasteiger partial charge < -0.3 is 14.8 Å². The summed E-state index contributed by atoms with van der Waals surface area (Å²) >= 11 is 0. The van der Waals surface area contributed by atoms with Crippen LogP contribution in [0.5, 0.6) is 5.75 Å². The fourth-order valence-corrected chi connectivity index (χ4v) is 3.19. The number of carbonyl (C=O) groups is 3. The van der Waals surface area contributed by atoms with Crippen molar-refractivity contribution in [2.45, 2.75) is 58.4 Å². The lowest BCUT2D eigenvalue weighted by molar-refractivity contribution is -0.149. The summed E-state index contributed by atoms with van der Waals surface area (Å²) in [4.78, 5) is 34.9. The van der Waals surface area contributed by atoms with Gasteiger partial charge in [0, 0.05) is 18.0 Å². The van der Waals surface area contributed by atoms with Crippen LogP contribution in [0.15, 0.2) is 24.3 Å². The van der Waals surface area contributed by atoms with Gasteiger partial charge in [0.2, 0.25) is 0 Å². The number of rotatable bonds is 9. The molecule has 1 amide bonds. The molecular weight excluding hydrogens is 346 g/mol. The zero-order valence-corrected chi connectivity index (χ0v) is 16.2. The molecule has 0 spiro atoms. The Morgan fingerprint density at radius 2 is 1.81 bits per heavy atom. The predicted octanol–water partition coefficient (Wildman–Crippen LogP) is 3.29. The second kappa shape index (κ2) is 10.7. The molecule has 0 unspecified atom stereocenters. The minimum Gasteiger partial charge on any atom is -0.494 e. The fraction of sp³-hybridized carbons (Fsp3) is 0.571. The molecule has 0 saturated heterocycles. The molecule has 27 heavy (non-hydrogen) atoms.